The summed E-state index contributed by atoms with van der Waals surface area (Å²) in [7, 11) is 17.9. The van der Waals surface area contributed by atoms with Crippen LogP contribution in [0.5, 0.6) is 0 Å². The van der Waals surface area contributed by atoms with Gasteiger partial charge in [0, 0.05) is 0 Å². The van der Waals surface area contributed by atoms with E-state index in [2.05, 4.69) is 74.9 Å². The van der Waals surface area contributed by atoms with Crippen LogP contribution < -0.4 is 43.7 Å². The van der Waals surface area contributed by atoms with E-state index in [1.54, 1.807) is 0 Å². The molecule has 0 atom stereocenters. The zero-order chi connectivity index (χ0) is 15.2. The summed E-state index contributed by atoms with van der Waals surface area (Å²) in [5.41, 5.74) is 14.1. The Kier molecular flexibility index (Phi) is 4.14. The first-order chi connectivity index (χ1) is 9.25. The van der Waals surface area contributed by atoms with Gasteiger partial charge in [-0.2, -0.15) is 0 Å². The molecular weight excluding hydrogens is 231 g/mol. The lowest BCUT2D eigenvalue weighted by molar-refractivity contribution is 1.83. The third kappa shape index (κ3) is 2.34. The van der Waals surface area contributed by atoms with Gasteiger partial charge >= 0.3 is 0 Å². The molecule has 20 heavy (non-hydrogen) atoms. The minimum absolute atomic E-state index is 1.39. The van der Waals surface area contributed by atoms with E-state index in [-0.39, 0.29) is 0 Å². The maximum absolute atomic E-state index is 2.36. The van der Waals surface area contributed by atoms with Gasteiger partial charge in [0.25, 0.3) is 0 Å². The van der Waals surface area contributed by atoms with E-state index in [0.717, 1.165) is 0 Å². The fraction of sp³-hybridized carbons (Fsp3) is 0. The standard InChI is InChI=1S/C12H18B8/c13-4-2-6(15)9(17)11(19)7(4)3-1-5(14)10(18)12(20)8(3)16/h1-2H,13-20H2. The van der Waals surface area contributed by atoms with Crippen LogP contribution in [0.15, 0.2) is 12.1 Å². The summed E-state index contributed by atoms with van der Waals surface area (Å²) < 4.78 is 0. The van der Waals surface area contributed by atoms with Crippen LogP contribution in [0.25, 0.3) is 11.1 Å². The van der Waals surface area contributed by atoms with E-state index < -0.39 is 0 Å². The number of hydrogen-bond acceptors (Lipinski definition) is 0. The van der Waals surface area contributed by atoms with Crippen molar-refractivity contribution < 1.29 is 0 Å². The molecule has 0 bridgehead atoms. The minimum atomic E-state index is 1.39. The van der Waals surface area contributed by atoms with Gasteiger partial charge in [0.15, 0.2) is 0 Å². The summed E-state index contributed by atoms with van der Waals surface area (Å²) in [4.78, 5) is 0. The molecule has 0 aliphatic heterocycles. The average Bonchev–Trinajstić information content (AvgIpc) is 2.39. The van der Waals surface area contributed by atoms with Crippen molar-refractivity contribution in [1.82, 2.24) is 0 Å². The molecule has 0 fully saturated rings. The Bertz CT molecular complexity index is 708. The molecule has 0 saturated carbocycles. The quantitative estimate of drug-likeness (QED) is 0.440. The Morgan fingerprint density at radius 1 is 0.450 bits per heavy atom. The van der Waals surface area contributed by atoms with Gasteiger partial charge in [-0.25, -0.2) is 0 Å². The molecule has 0 aliphatic rings. The molecule has 0 aliphatic carbocycles. The van der Waals surface area contributed by atoms with Crippen molar-refractivity contribution in [2.45, 2.75) is 0 Å². The molecule has 0 N–H and O–H groups in total. The van der Waals surface area contributed by atoms with Gasteiger partial charge in [-0.1, -0.05) is 39.4 Å². The third-order valence-electron chi connectivity index (χ3n) is 5.11. The van der Waals surface area contributed by atoms with Crippen molar-refractivity contribution in [1.29, 1.82) is 0 Å². The maximum atomic E-state index is 2.36. The van der Waals surface area contributed by atoms with E-state index in [1.807, 2.05) is 0 Å². The van der Waals surface area contributed by atoms with Crippen molar-refractivity contribution in [2.24, 2.45) is 0 Å². The molecule has 2 aromatic rings. The van der Waals surface area contributed by atoms with E-state index >= 15 is 0 Å². The summed E-state index contributed by atoms with van der Waals surface area (Å²) in [6, 6.07) is 4.68. The van der Waals surface area contributed by atoms with Crippen molar-refractivity contribution in [3.63, 3.8) is 0 Å². The molecule has 0 saturated heterocycles. The molecule has 90 valence electrons. The summed E-state index contributed by atoms with van der Waals surface area (Å²) in [6.45, 7) is 0. The zero-order valence-corrected chi connectivity index (χ0v) is 14.2. The van der Waals surface area contributed by atoms with Crippen LogP contribution in [-0.4, -0.2) is 62.8 Å². The van der Waals surface area contributed by atoms with Crippen LogP contribution in [0, 0.1) is 0 Å². The van der Waals surface area contributed by atoms with Gasteiger partial charge in [-0.3, -0.25) is 0 Å². The molecule has 0 amide bonds. The van der Waals surface area contributed by atoms with Gasteiger partial charge < -0.3 is 0 Å². The molecule has 2 rings (SSSR count). The molecular formula is C12H18B8. The van der Waals surface area contributed by atoms with E-state index in [1.165, 1.54) is 54.8 Å². The first-order valence-corrected chi connectivity index (χ1v) is 7.40. The fourth-order valence-electron chi connectivity index (χ4n) is 3.17. The Hall–Kier alpha value is -1.04. The van der Waals surface area contributed by atoms with Gasteiger partial charge in [-0.05, 0) is 11.1 Å². The minimum Gasteiger partial charge on any atom is -0.102 e. The summed E-state index contributed by atoms with van der Waals surface area (Å²) in [5, 5.41) is 0. The predicted molar refractivity (Wildman–Crippen MR) is 117 cm³/mol. The highest BCUT2D eigenvalue weighted by molar-refractivity contribution is 6.65. The average molecular weight is 249 g/mol. The Labute approximate surface area is 130 Å². The highest BCUT2D eigenvalue weighted by Crippen LogP contribution is 2.07. The first-order valence-electron chi connectivity index (χ1n) is 7.40. The van der Waals surface area contributed by atoms with Gasteiger partial charge in [-0.15, -0.1) is 16.4 Å². The Balaban J connectivity index is 2.86. The second kappa shape index (κ2) is 5.39. The second-order valence-electron chi connectivity index (χ2n) is 6.25. The molecule has 8 heteroatoms. The van der Waals surface area contributed by atoms with Crippen LogP contribution in [0.2, 0.25) is 0 Å². The maximum Gasteiger partial charge on any atom is 0.140 e. The highest BCUT2D eigenvalue weighted by atomic mass is 14.1. The summed E-state index contributed by atoms with van der Waals surface area (Å²) >= 11 is 0. The second-order valence-corrected chi connectivity index (χ2v) is 6.25. The van der Waals surface area contributed by atoms with E-state index in [0.29, 0.717) is 0 Å². The van der Waals surface area contributed by atoms with Crippen molar-refractivity contribution in [3.8, 4) is 11.1 Å². The van der Waals surface area contributed by atoms with Crippen LogP contribution in [0.4, 0.5) is 0 Å². The molecule has 0 aromatic heterocycles. The highest BCUT2D eigenvalue weighted by Gasteiger charge is 2.14. The molecule has 0 radical (unpaired) electrons. The van der Waals surface area contributed by atoms with Crippen molar-refractivity contribution >= 4 is 106 Å². The predicted octanol–water partition coefficient (Wildman–Crippen LogP) is -10.6. The normalized spacial score (nSPS) is 10.6. The monoisotopic (exact) mass is 250 g/mol. The number of benzene rings is 2. The Morgan fingerprint density at radius 2 is 0.950 bits per heavy atom. The number of hydrogen-bond donors (Lipinski definition) is 0. The van der Waals surface area contributed by atoms with Gasteiger partial charge in [0.2, 0.25) is 0 Å². The number of rotatable bonds is 1. The molecule has 0 heterocycles. The van der Waals surface area contributed by atoms with Crippen LogP contribution >= 0.6 is 0 Å². The molecule has 0 unspecified atom stereocenters. The SMILES string of the molecule is Bc1cc(-c2c(B)cc(B)c(B)c2B)c(B)c(B)c1B. The van der Waals surface area contributed by atoms with E-state index in [4.69, 9.17) is 0 Å². The van der Waals surface area contributed by atoms with Gasteiger partial charge in [0.1, 0.15) is 62.8 Å². The lowest BCUT2D eigenvalue weighted by Gasteiger charge is -2.21. The van der Waals surface area contributed by atoms with Crippen LogP contribution in [0.3, 0.4) is 0 Å². The van der Waals surface area contributed by atoms with Crippen molar-refractivity contribution in [3.05, 3.63) is 12.1 Å². The topological polar surface area (TPSA) is 0 Å². The Morgan fingerprint density at radius 3 is 1.55 bits per heavy atom. The third-order valence-corrected chi connectivity index (χ3v) is 5.11. The summed E-state index contributed by atoms with van der Waals surface area (Å²) in [6.07, 6.45) is 0. The smallest absolute Gasteiger partial charge is 0.102 e. The fourth-order valence-corrected chi connectivity index (χ4v) is 3.17. The molecule has 0 spiro atoms. The largest absolute Gasteiger partial charge is 0.140 e. The zero-order valence-electron chi connectivity index (χ0n) is 14.2. The van der Waals surface area contributed by atoms with Crippen molar-refractivity contribution in [2.75, 3.05) is 0 Å². The lowest BCUT2D eigenvalue weighted by atomic mass is 9.61. The summed E-state index contributed by atoms with van der Waals surface area (Å²) in [5.74, 6) is 0. The first kappa shape index (κ1) is 15.4. The molecule has 0 nitrogen and oxygen atoms in total. The van der Waals surface area contributed by atoms with Crippen LogP contribution in [-0.2, 0) is 0 Å². The van der Waals surface area contributed by atoms with E-state index in [9.17, 15) is 0 Å². The molecule has 2 aromatic carbocycles. The van der Waals surface area contributed by atoms with Gasteiger partial charge in [0.05, 0.1) is 0 Å². The van der Waals surface area contributed by atoms with Crippen LogP contribution in [0.1, 0.15) is 0 Å². The lowest BCUT2D eigenvalue weighted by Crippen LogP contribution is -2.50.